The Morgan fingerprint density at radius 3 is 2.63 bits per heavy atom. The molecule has 0 radical (unpaired) electrons. The standard InChI is InChI=1S/C30H33N3O2/c1-6-23(21-33(5)19-18-32(3)4)12-10-22(2)11-13-25-8-7-9-27(30(34)35)29(25)26-15-14-24-16-17-31-28(24)20-26/h6-10,12,14-17,20,31H,1,18-19,21H2,2-5H3,(H,34,35)/b22-10+,23-12+. The molecular weight excluding hydrogens is 434 g/mol. The van der Waals surface area contributed by atoms with Crippen molar-refractivity contribution in [3.05, 3.63) is 95.7 Å². The van der Waals surface area contributed by atoms with Crippen molar-refractivity contribution in [1.29, 1.82) is 0 Å². The molecule has 0 spiro atoms. The molecule has 35 heavy (non-hydrogen) atoms. The van der Waals surface area contributed by atoms with Gasteiger partial charge in [0.05, 0.1) is 5.56 Å². The maximum absolute atomic E-state index is 12.0. The molecule has 2 aromatic carbocycles. The Hall–Kier alpha value is -3.85. The van der Waals surface area contributed by atoms with Gasteiger partial charge in [-0.25, -0.2) is 4.79 Å². The summed E-state index contributed by atoms with van der Waals surface area (Å²) < 4.78 is 0. The number of aromatic nitrogens is 1. The molecule has 0 atom stereocenters. The molecule has 1 aromatic heterocycles. The average Bonchev–Trinajstić information content (AvgIpc) is 3.31. The highest BCUT2D eigenvalue weighted by atomic mass is 16.4. The minimum absolute atomic E-state index is 0.235. The Bertz CT molecular complexity index is 1330. The van der Waals surface area contributed by atoms with Crippen LogP contribution in [0, 0.1) is 11.8 Å². The van der Waals surface area contributed by atoms with Crippen LogP contribution in [0.5, 0.6) is 0 Å². The Morgan fingerprint density at radius 1 is 1.11 bits per heavy atom. The lowest BCUT2D eigenvalue weighted by Crippen LogP contribution is -2.29. The van der Waals surface area contributed by atoms with Crippen LogP contribution in [0.4, 0.5) is 0 Å². The number of hydrogen-bond donors (Lipinski definition) is 2. The highest BCUT2D eigenvalue weighted by molar-refractivity contribution is 5.99. The lowest BCUT2D eigenvalue weighted by molar-refractivity contribution is 0.0697. The molecule has 5 heteroatoms. The van der Waals surface area contributed by atoms with E-state index in [2.05, 4.69) is 54.3 Å². The summed E-state index contributed by atoms with van der Waals surface area (Å²) in [5, 5.41) is 10.9. The largest absolute Gasteiger partial charge is 0.478 e. The Labute approximate surface area is 208 Å². The number of aromatic amines is 1. The lowest BCUT2D eigenvalue weighted by Gasteiger charge is -2.19. The number of rotatable bonds is 9. The Morgan fingerprint density at radius 2 is 1.91 bits per heavy atom. The molecule has 0 aliphatic carbocycles. The topological polar surface area (TPSA) is 59.6 Å². The van der Waals surface area contributed by atoms with Gasteiger partial charge in [0.1, 0.15) is 0 Å². The molecule has 0 bridgehead atoms. The van der Waals surface area contributed by atoms with E-state index in [0.717, 1.165) is 47.2 Å². The van der Waals surface area contributed by atoms with E-state index in [4.69, 9.17) is 0 Å². The first-order valence-corrected chi connectivity index (χ1v) is 11.6. The number of likely N-dealkylation sites (N-methyl/N-ethyl adjacent to an activating group) is 2. The minimum Gasteiger partial charge on any atom is -0.478 e. The summed E-state index contributed by atoms with van der Waals surface area (Å²) in [7, 11) is 6.23. The van der Waals surface area contributed by atoms with Gasteiger partial charge < -0.3 is 19.9 Å². The van der Waals surface area contributed by atoms with Crippen LogP contribution in [0.3, 0.4) is 0 Å². The molecule has 0 amide bonds. The molecule has 0 fully saturated rings. The third-order valence-corrected chi connectivity index (χ3v) is 5.72. The molecular formula is C30H33N3O2. The quantitative estimate of drug-likeness (QED) is 0.325. The van der Waals surface area contributed by atoms with Crippen LogP contribution in [0.1, 0.15) is 22.8 Å². The van der Waals surface area contributed by atoms with Gasteiger partial charge in [0, 0.05) is 42.5 Å². The molecule has 0 saturated carbocycles. The maximum Gasteiger partial charge on any atom is 0.336 e. The molecule has 0 saturated heterocycles. The van der Waals surface area contributed by atoms with Gasteiger partial charge in [0.15, 0.2) is 0 Å². The number of aromatic carboxylic acids is 1. The fourth-order valence-electron chi connectivity index (χ4n) is 3.74. The van der Waals surface area contributed by atoms with Gasteiger partial charge >= 0.3 is 5.97 Å². The zero-order valence-electron chi connectivity index (χ0n) is 20.9. The fourth-order valence-corrected chi connectivity index (χ4v) is 3.74. The second-order valence-corrected chi connectivity index (χ2v) is 8.90. The number of carbonyl (C=O) groups is 1. The molecule has 2 N–H and O–H groups in total. The van der Waals surface area contributed by atoms with E-state index in [1.165, 1.54) is 0 Å². The van der Waals surface area contributed by atoms with Crippen molar-refractivity contribution >= 4 is 16.9 Å². The van der Waals surface area contributed by atoms with Crippen LogP contribution in [-0.2, 0) is 0 Å². The second kappa shape index (κ2) is 12.0. The van der Waals surface area contributed by atoms with Gasteiger partial charge in [-0.05, 0) is 74.4 Å². The van der Waals surface area contributed by atoms with E-state index in [1.807, 2.05) is 61.7 Å². The third-order valence-electron chi connectivity index (χ3n) is 5.72. The van der Waals surface area contributed by atoms with E-state index >= 15 is 0 Å². The number of fused-ring (bicyclic) bond motifs is 1. The van der Waals surface area contributed by atoms with Gasteiger partial charge in [0.25, 0.3) is 0 Å². The first kappa shape index (κ1) is 25.8. The maximum atomic E-state index is 12.0. The zero-order valence-corrected chi connectivity index (χ0v) is 20.9. The summed E-state index contributed by atoms with van der Waals surface area (Å²) in [5.41, 5.74) is 5.31. The van der Waals surface area contributed by atoms with Gasteiger partial charge in [-0.15, -0.1) is 0 Å². The molecule has 0 aliphatic rings. The fraction of sp³-hybridized carbons (Fsp3) is 0.233. The minimum atomic E-state index is -0.973. The number of nitrogens with zero attached hydrogens (tertiary/aromatic N) is 2. The Kier molecular flexibility index (Phi) is 8.86. The summed E-state index contributed by atoms with van der Waals surface area (Å²) >= 11 is 0. The van der Waals surface area contributed by atoms with E-state index < -0.39 is 5.97 Å². The Balaban J connectivity index is 1.89. The van der Waals surface area contributed by atoms with Crippen LogP contribution in [0.15, 0.2) is 84.6 Å². The SMILES string of the molecule is C=C/C(=C\C=C(/C)C#Cc1cccc(C(=O)O)c1-c1ccc2cc[nH]c2c1)CN(C)CCN(C)C. The normalized spacial score (nSPS) is 12.2. The van der Waals surface area contributed by atoms with Crippen LogP contribution in [0.25, 0.3) is 22.0 Å². The molecule has 180 valence electrons. The third kappa shape index (κ3) is 7.07. The first-order chi connectivity index (χ1) is 16.8. The molecule has 0 unspecified atom stereocenters. The van der Waals surface area contributed by atoms with Gasteiger partial charge in [-0.2, -0.15) is 0 Å². The first-order valence-electron chi connectivity index (χ1n) is 11.6. The van der Waals surface area contributed by atoms with Crippen LogP contribution < -0.4 is 0 Å². The second-order valence-electron chi connectivity index (χ2n) is 8.90. The number of benzene rings is 2. The van der Waals surface area contributed by atoms with Crippen LogP contribution >= 0.6 is 0 Å². The van der Waals surface area contributed by atoms with Gasteiger partial charge in [0.2, 0.25) is 0 Å². The summed E-state index contributed by atoms with van der Waals surface area (Å²) in [6.45, 7) is 8.66. The lowest BCUT2D eigenvalue weighted by atomic mass is 9.93. The van der Waals surface area contributed by atoms with E-state index in [9.17, 15) is 9.90 Å². The van der Waals surface area contributed by atoms with E-state index in [0.29, 0.717) is 11.1 Å². The van der Waals surface area contributed by atoms with Crippen molar-refractivity contribution in [3.63, 3.8) is 0 Å². The van der Waals surface area contributed by atoms with Crippen molar-refractivity contribution in [2.45, 2.75) is 6.92 Å². The number of H-pyrrole nitrogens is 1. The number of carboxylic acids is 1. The highest BCUT2D eigenvalue weighted by Gasteiger charge is 2.15. The van der Waals surface area contributed by atoms with Crippen molar-refractivity contribution in [2.75, 3.05) is 40.8 Å². The summed E-state index contributed by atoms with van der Waals surface area (Å²) in [5.74, 6) is 5.42. The number of allylic oxidation sites excluding steroid dienone is 3. The highest BCUT2D eigenvalue weighted by Crippen LogP contribution is 2.30. The molecule has 0 aliphatic heterocycles. The average molecular weight is 468 g/mol. The predicted molar refractivity (Wildman–Crippen MR) is 146 cm³/mol. The van der Waals surface area contributed by atoms with Gasteiger partial charge in [-0.1, -0.05) is 54.8 Å². The molecule has 5 nitrogen and oxygen atoms in total. The van der Waals surface area contributed by atoms with Gasteiger partial charge in [-0.3, -0.25) is 0 Å². The van der Waals surface area contributed by atoms with E-state index in [1.54, 1.807) is 12.1 Å². The van der Waals surface area contributed by atoms with Crippen molar-refractivity contribution in [2.24, 2.45) is 0 Å². The van der Waals surface area contributed by atoms with Crippen molar-refractivity contribution in [3.8, 4) is 23.0 Å². The number of nitrogens with one attached hydrogen (secondary N) is 1. The van der Waals surface area contributed by atoms with Crippen LogP contribution in [0.2, 0.25) is 0 Å². The molecule has 1 heterocycles. The predicted octanol–water partition coefficient (Wildman–Crippen LogP) is 5.44. The monoisotopic (exact) mass is 467 g/mol. The van der Waals surface area contributed by atoms with E-state index in [-0.39, 0.29) is 5.56 Å². The van der Waals surface area contributed by atoms with Crippen LogP contribution in [-0.4, -0.2) is 66.6 Å². The molecule has 3 aromatic rings. The number of hydrogen-bond acceptors (Lipinski definition) is 3. The zero-order chi connectivity index (χ0) is 25.4. The smallest absolute Gasteiger partial charge is 0.336 e. The molecule has 3 rings (SSSR count). The number of carboxylic acid groups (broad SMARTS) is 1. The summed E-state index contributed by atoms with van der Waals surface area (Å²) in [6, 6.07) is 13.1. The van der Waals surface area contributed by atoms with Crippen molar-refractivity contribution in [1.82, 2.24) is 14.8 Å². The van der Waals surface area contributed by atoms with Crippen molar-refractivity contribution < 1.29 is 9.90 Å². The summed E-state index contributed by atoms with van der Waals surface area (Å²) in [6.07, 6.45) is 7.76. The summed E-state index contributed by atoms with van der Waals surface area (Å²) in [4.78, 5) is 19.6.